The Morgan fingerprint density at radius 2 is 1.50 bits per heavy atom. The second-order valence-electron chi connectivity index (χ2n) is 3.66. The average Bonchev–Trinajstić information content (AvgIpc) is 2.37. The lowest BCUT2D eigenvalue weighted by atomic mass is 10.1. The normalized spacial score (nSPS) is 10.4. The maximum Gasteiger partial charge on any atom is 0.349 e. The van der Waals surface area contributed by atoms with Crippen molar-refractivity contribution < 1.29 is 19.5 Å². The van der Waals surface area contributed by atoms with E-state index in [0.29, 0.717) is 6.07 Å². The van der Waals surface area contributed by atoms with Crippen LogP contribution in [0.4, 0.5) is 17.1 Å². The largest absolute Gasteiger partial charge is 0.618 e. The zero-order chi connectivity index (χ0) is 15.0. The van der Waals surface area contributed by atoms with Crippen LogP contribution >= 0.6 is 0 Å². The number of pyridine rings is 1. The van der Waals surface area contributed by atoms with E-state index in [1.54, 1.807) is 0 Å². The van der Waals surface area contributed by atoms with Gasteiger partial charge in [-0.3, -0.25) is 30.3 Å². The minimum absolute atomic E-state index is 0.0597. The van der Waals surface area contributed by atoms with Gasteiger partial charge < -0.3 is 5.21 Å². The maximum absolute atomic E-state index is 11.6. The number of hydrogen-bond donors (Lipinski definition) is 0. The highest BCUT2D eigenvalue weighted by Crippen LogP contribution is 2.33. The number of benzene rings is 1. The lowest BCUT2D eigenvalue weighted by molar-refractivity contribution is -0.580. The van der Waals surface area contributed by atoms with E-state index in [-0.39, 0.29) is 4.73 Å². The molecule has 0 unspecified atom stereocenters. The third kappa shape index (κ3) is 1.92. The Labute approximate surface area is 108 Å². The molecule has 0 amide bonds. The predicted octanol–water partition coefficient (Wildman–Crippen LogP) is 1.20. The van der Waals surface area contributed by atoms with E-state index in [9.17, 15) is 35.6 Å². The number of nitrogens with zero attached hydrogens (tertiary/aromatic N) is 4. The number of nitro groups is 3. The number of non-ortho nitro benzene ring substituents is 2. The SMILES string of the molecule is O=[N+]([O-])c1cc([N+](=O)[O-])c2c(c1)c([N+](=O)[O-])cc[n+]2[O-]. The molecule has 0 saturated carbocycles. The molecule has 1 heterocycles. The van der Waals surface area contributed by atoms with Gasteiger partial charge in [0.2, 0.25) is 0 Å². The van der Waals surface area contributed by atoms with Crippen LogP contribution in [-0.2, 0) is 0 Å². The van der Waals surface area contributed by atoms with Crippen LogP contribution in [0.15, 0.2) is 24.4 Å². The molecule has 0 radical (unpaired) electrons. The zero-order valence-electron chi connectivity index (χ0n) is 9.46. The molecule has 0 bridgehead atoms. The van der Waals surface area contributed by atoms with Gasteiger partial charge in [0, 0.05) is 6.07 Å². The Bertz CT molecular complexity index is 772. The zero-order valence-corrected chi connectivity index (χ0v) is 9.46. The minimum Gasteiger partial charge on any atom is -0.618 e. The summed E-state index contributed by atoms with van der Waals surface area (Å²) in [5.41, 5.74) is -2.81. The summed E-state index contributed by atoms with van der Waals surface area (Å²) in [7, 11) is 0. The smallest absolute Gasteiger partial charge is 0.349 e. The fourth-order valence-corrected chi connectivity index (χ4v) is 1.74. The van der Waals surface area contributed by atoms with Crippen molar-refractivity contribution in [2.75, 3.05) is 0 Å². The molecule has 0 spiro atoms. The highest BCUT2D eigenvalue weighted by Gasteiger charge is 2.30. The molecule has 20 heavy (non-hydrogen) atoms. The predicted molar refractivity (Wildman–Crippen MR) is 62.9 cm³/mol. The number of nitro benzene ring substituents is 2. The third-order valence-corrected chi connectivity index (χ3v) is 2.54. The Morgan fingerprint density at radius 3 is 2.00 bits per heavy atom. The van der Waals surface area contributed by atoms with Crippen molar-refractivity contribution in [1.82, 2.24) is 0 Å². The van der Waals surface area contributed by atoms with E-state index in [1.165, 1.54) is 0 Å². The van der Waals surface area contributed by atoms with Gasteiger partial charge >= 0.3 is 11.2 Å². The van der Waals surface area contributed by atoms with Crippen LogP contribution in [-0.4, -0.2) is 14.8 Å². The summed E-state index contributed by atoms with van der Waals surface area (Å²) >= 11 is 0. The van der Waals surface area contributed by atoms with Gasteiger partial charge in [-0.15, -0.1) is 0 Å². The summed E-state index contributed by atoms with van der Waals surface area (Å²) in [6.45, 7) is 0. The highest BCUT2D eigenvalue weighted by molar-refractivity contribution is 5.93. The summed E-state index contributed by atoms with van der Waals surface area (Å²) < 4.78 is 0.0597. The highest BCUT2D eigenvalue weighted by atomic mass is 16.6. The maximum atomic E-state index is 11.6. The number of hydrogen-bond acceptors (Lipinski definition) is 7. The molecule has 0 aliphatic rings. The Balaban J connectivity index is 3.03. The van der Waals surface area contributed by atoms with E-state index in [0.717, 1.165) is 18.3 Å². The van der Waals surface area contributed by atoms with Crippen LogP contribution in [0.2, 0.25) is 0 Å². The summed E-state index contributed by atoms with van der Waals surface area (Å²) in [6, 6.07) is 2.16. The van der Waals surface area contributed by atoms with E-state index >= 15 is 0 Å². The quantitative estimate of drug-likeness (QED) is 0.353. The van der Waals surface area contributed by atoms with Gasteiger partial charge in [-0.2, -0.15) is 4.73 Å². The summed E-state index contributed by atoms with van der Waals surface area (Å²) in [6.07, 6.45) is 0.735. The van der Waals surface area contributed by atoms with Crippen LogP contribution < -0.4 is 4.73 Å². The van der Waals surface area contributed by atoms with Gasteiger partial charge in [0.05, 0.1) is 20.8 Å². The van der Waals surface area contributed by atoms with Gasteiger partial charge in [-0.1, -0.05) is 0 Å². The monoisotopic (exact) mass is 280 g/mol. The van der Waals surface area contributed by atoms with Crippen LogP contribution in [0.1, 0.15) is 0 Å². The van der Waals surface area contributed by atoms with Crippen molar-refractivity contribution >= 4 is 28.0 Å². The molecule has 1 aromatic heterocycles. The average molecular weight is 280 g/mol. The molecule has 0 saturated heterocycles. The molecule has 1 aromatic carbocycles. The molecule has 11 heteroatoms. The molecule has 0 fully saturated rings. The first-order valence-electron chi connectivity index (χ1n) is 4.96. The molecule has 0 aliphatic heterocycles. The van der Waals surface area contributed by atoms with Gasteiger partial charge in [0.25, 0.3) is 11.4 Å². The van der Waals surface area contributed by atoms with Crippen LogP contribution in [0.5, 0.6) is 0 Å². The van der Waals surface area contributed by atoms with Crippen molar-refractivity contribution in [3.63, 3.8) is 0 Å². The molecule has 11 nitrogen and oxygen atoms in total. The van der Waals surface area contributed by atoms with Crippen molar-refractivity contribution in [1.29, 1.82) is 0 Å². The second-order valence-corrected chi connectivity index (χ2v) is 3.66. The van der Waals surface area contributed by atoms with Crippen LogP contribution in [0.25, 0.3) is 10.9 Å². The van der Waals surface area contributed by atoms with Gasteiger partial charge in [-0.25, -0.2) is 0 Å². The fourth-order valence-electron chi connectivity index (χ4n) is 1.74. The van der Waals surface area contributed by atoms with E-state index in [4.69, 9.17) is 0 Å². The first-order chi connectivity index (χ1) is 9.32. The molecule has 0 atom stereocenters. The lowest BCUT2D eigenvalue weighted by Crippen LogP contribution is -2.27. The molecule has 2 rings (SSSR count). The number of rotatable bonds is 3. The minimum atomic E-state index is -1.01. The van der Waals surface area contributed by atoms with Gasteiger partial charge in [0.1, 0.15) is 11.5 Å². The summed E-state index contributed by atoms with van der Waals surface area (Å²) in [5, 5.41) is 43.6. The Kier molecular flexibility index (Phi) is 2.86. The lowest BCUT2D eigenvalue weighted by Gasteiger charge is -2.02. The summed E-state index contributed by atoms with van der Waals surface area (Å²) in [5.74, 6) is 0. The molecule has 0 aliphatic carbocycles. The topological polar surface area (TPSA) is 156 Å². The van der Waals surface area contributed by atoms with E-state index in [2.05, 4.69) is 0 Å². The van der Waals surface area contributed by atoms with Crippen molar-refractivity contribution in [3.8, 4) is 0 Å². The Hall–Kier alpha value is -3.37. The van der Waals surface area contributed by atoms with Crippen molar-refractivity contribution in [2.45, 2.75) is 0 Å². The third-order valence-electron chi connectivity index (χ3n) is 2.54. The number of fused-ring (bicyclic) bond motifs is 1. The van der Waals surface area contributed by atoms with Crippen LogP contribution in [0.3, 0.4) is 0 Å². The molecule has 102 valence electrons. The second kappa shape index (κ2) is 4.38. The fraction of sp³-hybridized carbons (Fsp3) is 0. The number of aromatic nitrogens is 1. The van der Waals surface area contributed by atoms with Crippen LogP contribution in [0, 0.1) is 35.6 Å². The molecule has 2 aromatic rings. The molecular weight excluding hydrogens is 276 g/mol. The first-order valence-corrected chi connectivity index (χ1v) is 4.96. The first kappa shape index (κ1) is 13.1. The standard InChI is InChI=1S/C9H4N4O7/c14-10-2-1-7(12(17)18)6-3-5(11(15)16)4-8(9(6)10)13(19)20/h1-4H. The van der Waals surface area contributed by atoms with E-state index < -0.39 is 42.7 Å². The van der Waals surface area contributed by atoms with Gasteiger partial charge in [0.15, 0.2) is 6.20 Å². The van der Waals surface area contributed by atoms with Crippen molar-refractivity contribution in [3.05, 3.63) is 59.9 Å². The van der Waals surface area contributed by atoms with E-state index in [1.807, 2.05) is 0 Å². The molecular formula is C9H4N4O7. The summed E-state index contributed by atoms with van der Waals surface area (Å²) in [4.78, 5) is 29.6. The molecule has 0 N–H and O–H groups in total. The Morgan fingerprint density at radius 1 is 0.900 bits per heavy atom. The van der Waals surface area contributed by atoms with Crippen molar-refractivity contribution in [2.24, 2.45) is 0 Å². The van der Waals surface area contributed by atoms with Gasteiger partial charge in [-0.05, 0) is 0 Å².